The predicted molar refractivity (Wildman–Crippen MR) is 73.2 cm³/mol. The number of halogens is 1. The van der Waals surface area contributed by atoms with Gasteiger partial charge in [0.2, 0.25) is 0 Å². The van der Waals surface area contributed by atoms with E-state index in [4.69, 9.17) is 5.73 Å². The fourth-order valence-corrected chi connectivity index (χ4v) is 2.75. The molecule has 0 bridgehead atoms. The largest absolute Gasteiger partial charge is 0.352 e. The zero-order chi connectivity index (χ0) is 14.0. The van der Waals surface area contributed by atoms with E-state index >= 15 is 0 Å². The maximum absolute atomic E-state index is 13.5. The third kappa shape index (κ3) is 2.78. The van der Waals surface area contributed by atoms with Crippen molar-refractivity contribution in [3.05, 3.63) is 35.6 Å². The molecule has 0 aliphatic heterocycles. The highest BCUT2D eigenvalue weighted by molar-refractivity contribution is 5.94. The lowest BCUT2D eigenvalue weighted by Crippen LogP contribution is -2.40. The van der Waals surface area contributed by atoms with Crippen LogP contribution >= 0.6 is 0 Å². The molecule has 1 aliphatic rings. The lowest BCUT2D eigenvalue weighted by atomic mass is 9.79. The summed E-state index contributed by atoms with van der Waals surface area (Å²) < 4.78 is 13.5. The van der Waals surface area contributed by atoms with Gasteiger partial charge >= 0.3 is 0 Å². The molecule has 0 spiro atoms. The van der Waals surface area contributed by atoms with Crippen molar-refractivity contribution in [1.29, 1.82) is 0 Å². The van der Waals surface area contributed by atoms with Crippen LogP contribution in [0.25, 0.3) is 0 Å². The van der Waals surface area contributed by atoms with Crippen LogP contribution in [0.15, 0.2) is 24.3 Å². The molecule has 19 heavy (non-hydrogen) atoms. The predicted octanol–water partition coefficient (Wildman–Crippen LogP) is 2.32. The summed E-state index contributed by atoms with van der Waals surface area (Å²) in [5.41, 5.74) is 6.19. The van der Waals surface area contributed by atoms with Gasteiger partial charge in [0.25, 0.3) is 5.91 Å². The van der Waals surface area contributed by atoms with Crippen molar-refractivity contribution in [1.82, 2.24) is 5.32 Å². The number of hydrogen-bond donors (Lipinski definition) is 2. The van der Waals surface area contributed by atoms with E-state index in [0.29, 0.717) is 12.5 Å². The minimum Gasteiger partial charge on any atom is -0.352 e. The van der Waals surface area contributed by atoms with Gasteiger partial charge in [-0.3, -0.25) is 4.79 Å². The summed E-state index contributed by atoms with van der Waals surface area (Å²) >= 11 is 0. The highest BCUT2D eigenvalue weighted by Gasteiger charge is 2.40. The van der Waals surface area contributed by atoms with Gasteiger partial charge in [0.05, 0.1) is 5.56 Å². The Labute approximate surface area is 113 Å². The quantitative estimate of drug-likeness (QED) is 0.880. The number of benzene rings is 1. The van der Waals surface area contributed by atoms with Crippen LogP contribution in [0.1, 0.15) is 37.0 Å². The molecule has 1 amide bonds. The molecule has 2 rings (SSSR count). The molecule has 3 N–H and O–H groups in total. The maximum Gasteiger partial charge on any atom is 0.254 e. The molecule has 0 heterocycles. The molecule has 3 nitrogen and oxygen atoms in total. The highest BCUT2D eigenvalue weighted by Crippen LogP contribution is 2.41. The number of nitrogens with two attached hydrogens (primary N) is 1. The number of hydrogen-bond acceptors (Lipinski definition) is 2. The van der Waals surface area contributed by atoms with Gasteiger partial charge < -0.3 is 11.1 Å². The molecule has 0 aromatic heterocycles. The normalized spacial score (nSPS) is 25.3. The third-order valence-corrected chi connectivity index (χ3v) is 4.46. The van der Waals surface area contributed by atoms with E-state index in [-0.39, 0.29) is 22.9 Å². The zero-order valence-corrected chi connectivity index (χ0v) is 11.4. The Bertz CT molecular complexity index is 473. The molecule has 2 atom stereocenters. The van der Waals surface area contributed by atoms with Crippen LogP contribution in [0.5, 0.6) is 0 Å². The summed E-state index contributed by atoms with van der Waals surface area (Å²) in [6.45, 7) is 4.81. The first-order valence-corrected chi connectivity index (χ1v) is 6.71. The molecule has 0 unspecified atom stereocenters. The van der Waals surface area contributed by atoms with Gasteiger partial charge in [0.15, 0.2) is 0 Å². The van der Waals surface area contributed by atoms with Crippen LogP contribution in [0.4, 0.5) is 4.39 Å². The van der Waals surface area contributed by atoms with Gasteiger partial charge in [0.1, 0.15) is 5.82 Å². The van der Waals surface area contributed by atoms with Crippen LogP contribution in [0, 0.1) is 17.2 Å². The van der Waals surface area contributed by atoms with E-state index < -0.39 is 5.82 Å². The monoisotopic (exact) mass is 264 g/mol. The first-order valence-electron chi connectivity index (χ1n) is 6.71. The van der Waals surface area contributed by atoms with Crippen molar-refractivity contribution in [2.24, 2.45) is 17.1 Å². The topological polar surface area (TPSA) is 55.1 Å². The number of rotatable bonds is 3. The maximum atomic E-state index is 13.5. The van der Waals surface area contributed by atoms with Gasteiger partial charge in [-0.1, -0.05) is 26.0 Å². The van der Waals surface area contributed by atoms with Gasteiger partial charge in [-0.15, -0.1) is 0 Å². The minimum absolute atomic E-state index is 0.0164. The smallest absolute Gasteiger partial charge is 0.254 e. The van der Waals surface area contributed by atoms with Crippen LogP contribution in [-0.2, 0) is 0 Å². The number of carbonyl (C=O) groups is 1. The van der Waals surface area contributed by atoms with Crippen molar-refractivity contribution >= 4 is 5.91 Å². The molecule has 0 saturated heterocycles. The number of nitrogens with one attached hydrogen (secondary N) is 1. The Hall–Kier alpha value is -1.42. The summed E-state index contributed by atoms with van der Waals surface area (Å²) in [4.78, 5) is 11.9. The van der Waals surface area contributed by atoms with Crippen molar-refractivity contribution < 1.29 is 9.18 Å². The SMILES string of the molecule is CC1(C)[C@@H](CNC(=O)c2ccccc2F)CC[C@H]1N. The second-order valence-electron chi connectivity index (χ2n) is 5.89. The summed E-state index contributed by atoms with van der Waals surface area (Å²) in [6, 6.07) is 6.20. The minimum atomic E-state index is -0.484. The third-order valence-electron chi connectivity index (χ3n) is 4.46. The molecule has 104 valence electrons. The second-order valence-corrected chi connectivity index (χ2v) is 5.89. The highest BCUT2D eigenvalue weighted by atomic mass is 19.1. The first kappa shape index (κ1) is 14.0. The molecular weight excluding hydrogens is 243 g/mol. The fraction of sp³-hybridized carbons (Fsp3) is 0.533. The Balaban J connectivity index is 1.97. The van der Waals surface area contributed by atoms with Crippen molar-refractivity contribution in [3.8, 4) is 0 Å². The first-order chi connectivity index (χ1) is 8.93. The Morgan fingerprint density at radius 1 is 1.42 bits per heavy atom. The van der Waals surface area contributed by atoms with E-state index in [9.17, 15) is 9.18 Å². The summed E-state index contributed by atoms with van der Waals surface area (Å²) in [5.74, 6) is -0.491. The molecular formula is C15H21FN2O. The van der Waals surface area contributed by atoms with Gasteiger partial charge in [0, 0.05) is 12.6 Å². The fourth-order valence-electron chi connectivity index (χ4n) is 2.75. The van der Waals surface area contributed by atoms with E-state index in [2.05, 4.69) is 19.2 Å². The van der Waals surface area contributed by atoms with E-state index in [0.717, 1.165) is 12.8 Å². The lowest BCUT2D eigenvalue weighted by Gasteiger charge is -2.31. The molecule has 1 aromatic carbocycles. The lowest BCUT2D eigenvalue weighted by molar-refractivity contribution is 0.0931. The summed E-state index contributed by atoms with van der Waals surface area (Å²) in [6.07, 6.45) is 1.99. The Kier molecular flexibility index (Phi) is 3.90. The average Bonchev–Trinajstić information content (AvgIpc) is 2.62. The van der Waals surface area contributed by atoms with Crippen LogP contribution in [-0.4, -0.2) is 18.5 Å². The summed E-state index contributed by atoms with van der Waals surface area (Å²) in [7, 11) is 0. The number of carbonyl (C=O) groups excluding carboxylic acids is 1. The summed E-state index contributed by atoms with van der Waals surface area (Å²) in [5, 5.41) is 2.82. The van der Waals surface area contributed by atoms with Crippen molar-refractivity contribution in [2.75, 3.05) is 6.54 Å². The second kappa shape index (κ2) is 5.29. The average molecular weight is 264 g/mol. The molecule has 4 heteroatoms. The molecule has 1 aliphatic carbocycles. The van der Waals surface area contributed by atoms with Gasteiger partial charge in [-0.25, -0.2) is 4.39 Å². The van der Waals surface area contributed by atoms with Gasteiger partial charge in [-0.2, -0.15) is 0 Å². The standard InChI is InChI=1S/C15H21FN2O/c1-15(2)10(7-8-13(15)17)9-18-14(19)11-5-3-4-6-12(11)16/h3-6,10,13H,7-9,17H2,1-2H3,(H,18,19)/t10-,13-/m1/s1. The van der Waals surface area contributed by atoms with Crippen molar-refractivity contribution in [3.63, 3.8) is 0 Å². The van der Waals surface area contributed by atoms with Gasteiger partial charge in [-0.05, 0) is 36.3 Å². The van der Waals surface area contributed by atoms with E-state index in [1.54, 1.807) is 12.1 Å². The van der Waals surface area contributed by atoms with E-state index in [1.165, 1.54) is 12.1 Å². The molecule has 0 radical (unpaired) electrons. The van der Waals surface area contributed by atoms with Crippen LogP contribution < -0.4 is 11.1 Å². The molecule has 1 fully saturated rings. The van der Waals surface area contributed by atoms with Crippen molar-refractivity contribution in [2.45, 2.75) is 32.7 Å². The number of amides is 1. The van der Waals surface area contributed by atoms with Crippen LogP contribution in [0.3, 0.4) is 0 Å². The zero-order valence-electron chi connectivity index (χ0n) is 11.4. The van der Waals surface area contributed by atoms with Crippen LogP contribution in [0.2, 0.25) is 0 Å². The Morgan fingerprint density at radius 3 is 2.68 bits per heavy atom. The molecule has 1 aromatic rings. The Morgan fingerprint density at radius 2 is 2.11 bits per heavy atom. The van der Waals surface area contributed by atoms with E-state index in [1.807, 2.05) is 0 Å². The molecule has 1 saturated carbocycles.